The zero-order valence-electron chi connectivity index (χ0n) is 17.9. The van der Waals surface area contributed by atoms with Gasteiger partial charge < -0.3 is 9.30 Å². The van der Waals surface area contributed by atoms with Crippen molar-refractivity contribution >= 4 is 17.0 Å². The smallest absolute Gasteiger partial charge is 0.341 e. The number of fused-ring (bicyclic) bond motifs is 1. The van der Waals surface area contributed by atoms with Crippen LogP contribution >= 0.6 is 0 Å². The molecule has 0 saturated carbocycles. The number of H-pyrrole nitrogens is 1. The van der Waals surface area contributed by atoms with Crippen LogP contribution in [0.25, 0.3) is 28.1 Å². The lowest BCUT2D eigenvalue weighted by atomic mass is 10.0. The molecule has 0 saturated heterocycles. The molecule has 2 aromatic carbocycles. The predicted octanol–water partition coefficient (Wildman–Crippen LogP) is 3.80. The number of carbonyl (C=O) groups excluding carboxylic acids is 1. The number of hydrogen-bond acceptors (Lipinski definition) is 5. The molecule has 0 bridgehead atoms. The third-order valence-corrected chi connectivity index (χ3v) is 5.31. The van der Waals surface area contributed by atoms with Gasteiger partial charge in [0.15, 0.2) is 0 Å². The molecule has 0 amide bonds. The van der Waals surface area contributed by atoms with E-state index in [4.69, 9.17) is 4.74 Å². The highest BCUT2D eigenvalue weighted by Gasteiger charge is 2.14. The van der Waals surface area contributed by atoms with Gasteiger partial charge in [-0.3, -0.25) is 9.78 Å². The zero-order chi connectivity index (χ0) is 22.8. The van der Waals surface area contributed by atoms with Crippen LogP contribution in [0.5, 0.6) is 0 Å². The van der Waals surface area contributed by atoms with Gasteiger partial charge in [-0.25, -0.2) is 14.5 Å². The summed E-state index contributed by atoms with van der Waals surface area (Å²) < 4.78 is 8.21. The molecular weight excluding hydrogens is 418 g/mol. The molecule has 5 aromatic rings. The highest BCUT2D eigenvalue weighted by Crippen LogP contribution is 2.21. The normalized spacial score (nSPS) is 11.1. The standard InChI is InChI=1S/C25H21N5O3/c1-2-33-24(32)20-14-26-30(16-20)25-27-21-11-12-29(22(21)23(31)28-25)15-17-7-6-10-19(13-17)18-8-4-3-5-9-18/h3-14,16H,2,15H2,1H3,(H,27,28,31). The molecule has 8 heteroatoms. The first-order valence-corrected chi connectivity index (χ1v) is 10.6. The van der Waals surface area contributed by atoms with Gasteiger partial charge in [0.05, 0.1) is 23.9 Å². The van der Waals surface area contributed by atoms with Gasteiger partial charge in [-0.05, 0) is 35.7 Å². The van der Waals surface area contributed by atoms with Gasteiger partial charge >= 0.3 is 5.97 Å². The molecule has 3 aromatic heterocycles. The molecule has 0 aliphatic rings. The summed E-state index contributed by atoms with van der Waals surface area (Å²) >= 11 is 0. The first kappa shape index (κ1) is 20.4. The molecule has 33 heavy (non-hydrogen) atoms. The van der Waals surface area contributed by atoms with Crippen LogP contribution in [0.3, 0.4) is 0 Å². The Hall–Kier alpha value is -4.46. The van der Waals surface area contributed by atoms with Crippen molar-refractivity contribution in [3.8, 4) is 17.1 Å². The molecule has 0 unspecified atom stereocenters. The topological polar surface area (TPSA) is 94.8 Å². The van der Waals surface area contributed by atoms with Crippen LogP contribution < -0.4 is 5.56 Å². The van der Waals surface area contributed by atoms with Gasteiger partial charge in [-0.1, -0.05) is 48.5 Å². The molecule has 8 nitrogen and oxygen atoms in total. The second-order valence-electron chi connectivity index (χ2n) is 7.53. The minimum Gasteiger partial charge on any atom is -0.462 e. The molecular formula is C25H21N5O3. The maximum absolute atomic E-state index is 12.9. The highest BCUT2D eigenvalue weighted by atomic mass is 16.5. The van der Waals surface area contributed by atoms with E-state index in [0.29, 0.717) is 17.6 Å². The van der Waals surface area contributed by atoms with Crippen LogP contribution in [0.2, 0.25) is 0 Å². The Bertz CT molecular complexity index is 1500. The summed E-state index contributed by atoms with van der Waals surface area (Å²) in [5.74, 6) is -0.247. The second kappa shape index (κ2) is 8.58. The number of esters is 1. The van der Waals surface area contributed by atoms with Crippen molar-refractivity contribution < 1.29 is 9.53 Å². The van der Waals surface area contributed by atoms with Crippen molar-refractivity contribution in [1.29, 1.82) is 0 Å². The number of carbonyl (C=O) groups is 1. The number of benzene rings is 2. The highest BCUT2D eigenvalue weighted by molar-refractivity contribution is 5.88. The largest absolute Gasteiger partial charge is 0.462 e. The average Bonchev–Trinajstić information content (AvgIpc) is 3.48. The molecule has 0 aliphatic carbocycles. The van der Waals surface area contributed by atoms with E-state index in [0.717, 1.165) is 16.7 Å². The third-order valence-electron chi connectivity index (χ3n) is 5.31. The van der Waals surface area contributed by atoms with E-state index in [9.17, 15) is 9.59 Å². The first-order valence-electron chi connectivity index (χ1n) is 10.6. The molecule has 3 heterocycles. The number of aromatic amines is 1. The monoisotopic (exact) mass is 439 g/mol. The van der Waals surface area contributed by atoms with Gasteiger partial charge in [0.2, 0.25) is 5.95 Å². The fourth-order valence-corrected chi connectivity index (χ4v) is 3.78. The number of hydrogen-bond donors (Lipinski definition) is 1. The van der Waals surface area contributed by atoms with Crippen LogP contribution in [0.15, 0.2) is 84.0 Å². The lowest BCUT2D eigenvalue weighted by Gasteiger charge is -2.08. The summed E-state index contributed by atoms with van der Waals surface area (Å²) in [4.78, 5) is 32.1. The van der Waals surface area contributed by atoms with Gasteiger partial charge in [0.25, 0.3) is 5.56 Å². The fraction of sp³-hybridized carbons (Fsp3) is 0.120. The van der Waals surface area contributed by atoms with Gasteiger partial charge in [0, 0.05) is 18.9 Å². The first-order chi connectivity index (χ1) is 16.1. The van der Waals surface area contributed by atoms with Crippen molar-refractivity contribution in [2.45, 2.75) is 13.5 Å². The van der Waals surface area contributed by atoms with Gasteiger partial charge in [-0.15, -0.1) is 0 Å². The quantitative estimate of drug-likeness (QED) is 0.406. The van der Waals surface area contributed by atoms with Crippen molar-refractivity contribution in [3.05, 3.63) is 101 Å². The van der Waals surface area contributed by atoms with Gasteiger partial charge in [0.1, 0.15) is 5.52 Å². The Labute approximate surface area is 189 Å². The summed E-state index contributed by atoms with van der Waals surface area (Å²) in [5, 5.41) is 4.13. The summed E-state index contributed by atoms with van der Waals surface area (Å²) in [5.41, 5.74) is 4.35. The Morgan fingerprint density at radius 3 is 2.70 bits per heavy atom. The zero-order valence-corrected chi connectivity index (χ0v) is 17.9. The minimum absolute atomic E-state index is 0.229. The number of nitrogens with one attached hydrogen (secondary N) is 1. The number of rotatable bonds is 6. The van der Waals surface area contributed by atoms with Crippen LogP contribution in [0, 0.1) is 0 Å². The molecule has 164 valence electrons. The Kier molecular flexibility index (Phi) is 5.32. The summed E-state index contributed by atoms with van der Waals surface area (Å²) in [7, 11) is 0. The summed E-state index contributed by atoms with van der Waals surface area (Å²) in [6.45, 7) is 2.54. The molecule has 0 fully saturated rings. The van der Waals surface area contributed by atoms with Crippen LogP contribution in [0.4, 0.5) is 0 Å². The minimum atomic E-state index is -0.476. The van der Waals surface area contributed by atoms with E-state index in [2.05, 4.69) is 39.3 Å². The summed E-state index contributed by atoms with van der Waals surface area (Å²) in [6, 6.07) is 20.2. The Balaban J connectivity index is 1.45. The van der Waals surface area contributed by atoms with Crippen molar-refractivity contribution in [3.63, 3.8) is 0 Å². The SMILES string of the molecule is CCOC(=O)c1cnn(-c2nc3ccn(Cc4cccc(-c5ccccc5)c4)c3c(=O)[nH]2)c1. The number of nitrogens with zero attached hydrogens (tertiary/aromatic N) is 4. The molecule has 0 spiro atoms. The second-order valence-corrected chi connectivity index (χ2v) is 7.53. The van der Waals surface area contributed by atoms with Gasteiger partial charge in [-0.2, -0.15) is 5.10 Å². The predicted molar refractivity (Wildman–Crippen MR) is 124 cm³/mol. The van der Waals surface area contributed by atoms with Crippen LogP contribution in [0.1, 0.15) is 22.8 Å². The molecule has 0 radical (unpaired) electrons. The molecule has 0 aliphatic heterocycles. The lowest BCUT2D eigenvalue weighted by molar-refractivity contribution is 0.0526. The molecule has 1 N–H and O–H groups in total. The maximum atomic E-state index is 12.9. The fourth-order valence-electron chi connectivity index (χ4n) is 3.78. The van der Waals surface area contributed by atoms with E-state index >= 15 is 0 Å². The van der Waals surface area contributed by atoms with Crippen molar-refractivity contribution in [2.75, 3.05) is 6.61 Å². The Morgan fingerprint density at radius 2 is 1.88 bits per heavy atom. The lowest BCUT2D eigenvalue weighted by Crippen LogP contribution is -2.16. The van der Waals surface area contributed by atoms with E-state index in [1.165, 1.54) is 17.1 Å². The molecule has 0 atom stereocenters. The third kappa shape index (κ3) is 4.06. The average molecular weight is 439 g/mol. The van der Waals surface area contributed by atoms with E-state index in [1.54, 1.807) is 13.0 Å². The number of ether oxygens (including phenoxy) is 1. The van der Waals surface area contributed by atoms with Crippen molar-refractivity contribution in [2.24, 2.45) is 0 Å². The van der Waals surface area contributed by atoms with E-state index < -0.39 is 5.97 Å². The van der Waals surface area contributed by atoms with E-state index in [-0.39, 0.29) is 23.7 Å². The van der Waals surface area contributed by atoms with Crippen LogP contribution in [-0.4, -0.2) is 36.9 Å². The molecule has 5 rings (SSSR count). The maximum Gasteiger partial charge on any atom is 0.341 e. The summed E-state index contributed by atoms with van der Waals surface area (Å²) in [6.07, 6.45) is 4.71. The Morgan fingerprint density at radius 1 is 1.06 bits per heavy atom. The van der Waals surface area contributed by atoms with E-state index in [1.807, 2.05) is 41.1 Å². The number of aromatic nitrogens is 5. The van der Waals surface area contributed by atoms with Crippen molar-refractivity contribution in [1.82, 2.24) is 24.3 Å². The van der Waals surface area contributed by atoms with Crippen LogP contribution in [-0.2, 0) is 11.3 Å².